The van der Waals surface area contributed by atoms with Gasteiger partial charge < -0.3 is 16.4 Å². The molecule has 0 spiro atoms. The van der Waals surface area contributed by atoms with Crippen LogP contribution in [0.25, 0.3) is 22.7 Å². The van der Waals surface area contributed by atoms with E-state index in [0.717, 1.165) is 79.5 Å². The molecule has 4 heterocycles. The van der Waals surface area contributed by atoms with Crippen LogP contribution >= 0.6 is 86.9 Å². The molecule has 4 aliphatic rings. The van der Waals surface area contributed by atoms with Gasteiger partial charge >= 0.3 is 22.8 Å². The molecule has 4 aromatic carbocycles. The predicted octanol–water partition coefficient (Wildman–Crippen LogP) is 10.6. The lowest BCUT2D eigenvalue weighted by atomic mass is 10.3. The Balaban J connectivity index is 0.000000173. The normalized spacial score (nSPS) is 13.8. The average Bonchev–Trinajstić information content (AvgIpc) is 4.19. The first-order chi connectivity index (χ1) is 38.4. The van der Waals surface area contributed by atoms with Crippen LogP contribution in [-0.4, -0.2) is 57.7 Å². The van der Waals surface area contributed by atoms with Crippen LogP contribution in [0.1, 0.15) is 90.4 Å². The molecule has 4 saturated carbocycles. The second kappa shape index (κ2) is 28.3. The number of hydrogen-bond donors (Lipinski definition) is 3. The summed E-state index contributed by atoms with van der Waals surface area (Å²) in [7, 11) is 4.92. The lowest BCUT2D eigenvalue weighted by Crippen LogP contribution is -2.39. The maximum absolute atomic E-state index is 12.6. The number of nitrogens with zero attached hydrogens (tertiary/aromatic N) is 8. The smallest absolute Gasteiger partial charge is 0.337 e. The molecule has 12 rings (SSSR count). The van der Waals surface area contributed by atoms with Crippen molar-refractivity contribution in [2.24, 2.45) is 5.73 Å². The highest BCUT2D eigenvalue weighted by molar-refractivity contribution is 9.11. The Morgan fingerprint density at radius 1 is 0.366 bits per heavy atom. The summed E-state index contributed by atoms with van der Waals surface area (Å²) >= 11 is 25.4. The molecule has 0 radical (unpaired) electrons. The molecule has 19 nitrogen and oxygen atoms in total. The van der Waals surface area contributed by atoms with Gasteiger partial charge in [-0.25, -0.2) is 32.9 Å². The molecule has 0 unspecified atom stereocenters. The third-order valence-corrected chi connectivity index (χ3v) is 15.6. The van der Waals surface area contributed by atoms with E-state index in [4.69, 9.17) is 23.2 Å². The molecule has 25 heteroatoms. The third kappa shape index (κ3) is 14.9. The van der Waals surface area contributed by atoms with Gasteiger partial charge in [0.1, 0.15) is 21.9 Å². The molecule has 0 atom stereocenters. The highest BCUT2D eigenvalue weighted by Gasteiger charge is 2.31. The standard InChI is InChI=1S/2C14H14BrN3O2.2C13H10BrClN2O2.CH5N.2CH4/c1-16-12-8-13(19)18(11-4-2-9(15)3-5-11)14(20)17(12)10-6-7-10;1-16-12-8-13(19)18(11-6-7-11)14(20)17(12)10-4-2-9(15)3-5-10;14-8-1-3-10(4-2-8)17-12(18)7-11(15)16(13(17)19)9-5-6-9;14-8-1-3-9(4-2-8)16-11(15)7-12(18)17(13(16)19)10-5-6-10;1-2;;/h2-5,8,10,16H,6-7H2,1H3;2-5,8,11,16H,6-7H2,1H3;1-4,7,9H,5-6H2;1-4,7,10H,5-6H2;2H2,1H3;2*1H4. The Bertz CT molecular complexity index is 4060. The second-order valence-electron chi connectivity index (χ2n) is 18.6. The number of nitrogens with one attached hydrogen (secondary N) is 2. The summed E-state index contributed by atoms with van der Waals surface area (Å²) < 4.78 is 14.7. The molecule has 82 heavy (non-hydrogen) atoms. The van der Waals surface area contributed by atoms with E-state index in [1.165, 1.54) is 58.7 Å². The summed E-state index contributed by atoms with van der Waals surface area (Å²) in [4.78, 5) is 98.1. The molecule has 4 aliphatic carbocycles. The topological polar surface area (TPSA) is 226 Å². The summed E-state index contributed by atoms with van der Waals surface area (Å²) in [5.41, 5.74) is 4.39. The first-order valence-corrected chi connectivity index (χ1v) is 29.1. The van der Waals surface area contributed by atoms with Crippen LogP contribution in [0.15, 0.2) is 178 Å². The first kappa shape index (κ1) is 64.8. The molecular formula is C57H61Br4Cl2N11O8. The number of benzene rings is 4. The summed E-state index contributed by atoms with van der Waals surface area (Å²) in [6.07, 6.45) is 7.35. The Morgan fingerprint density at radius 2 is 0.634 bits per heavy atom. The van der Waals surface area contributed by atoms with Crippen molar-refractivity contribution in [3.63, 3.8) is 0 Å². The highest BCUT2D eigenvalue weighted by atomic mass is 79.9. The number of hydrogen-bond acceptors (Lipinski definition) is 11. The Kier molecular flexibility index (Phi) is 22.4. The van der Waals surface area contributed by atoms with Gasteiger partial charge in [0.25, 0.3) is 22.2 Å². The van der Waals surface area contributed by atoms with Crippen LogP contribution < -0.4 is 61.4 Å². The zero-order valence-electron chi connectivity index (χ0n) is 43.2. The summed E-state index contributed by atoms with van der Waals surface area (Å²) in [5.74, 6) is 1.08. The largest absolute Gasteiger partial charge is 0.374 e. The monoisotopic (exact) mass is 1410 g/mol. The van der Waals surface area contributed by atoms with Gasteiger partial charge in [0.2, 0.25) is 0 Å². The fraction of sp³-hybridized carbons (Fsp3) is 0.298. The average molecular weight is 1420 g/mol. The Morgan fingerprint density at radius 3 is 1.01 bits per heavy atom. The molecule has 0 saturated heterocycles. The maximum Gasteiger partial charge on any atom is 0.337 e. The number of aromatic nitrogens is 8. The van der Waals surface area contributed by atoms with Gasteiger partial charge in [-0.1, -0.05) is 102 Å². The number of halogens is 6. The molecule has 0 bridgehead atoms. The Hall–Kier alpha value is -6.34. The number of rotatable bonds is 10. The molecule has 8 aromatic rings. The van der Waals surface area contributed by atoms with E-state index in [-0.39, 0.29) is 88.8 Å². The van der Waals surface area contributed by atoms with E-state index in [9.17, 15) is 38.4 Å². The zero-order chi connectivity index (χ0) is 57.7. The van der Waals surface area contributed by atoms with E-state index in [0.29, 0.717) is 28.7 Å². The van der Waals surface area contributed by atoms with E-state index in [2.05, 4.69) is 80.1 Å². The van der Waals surface area contributed by atoms with Gasteiger partial charge in [-0.2, -0.15) is 0 Å². The van der Waals surface area contributed by atoms with Gasteiger partial charge in [-0.15, -0.1) is 0 Å². The number of nitrogens with two attached hydrogens (primary N) is 1. The molecule has 4 fully saturated rings. The van der Waals surface area contributed by atoms with Crippen molar-refractivity contribution >= 4 is 98.6 Å². The minimum atomic E-state index is -0.408. The maximum atomic E-state index is 12.6. The minimum absolute atomic E-state index is 0. The SMILES string of the molecule is C.C.CN.CNc1cc(=O)n(-c2ccc(Br)cc2)c(=O)n1C1CC1.CNc1cc(=O)n(C2CC2)c(=O)n1-c1ccc(Br)cc1.O=c1cc(Cl)n(-c2ccc(Br)cc2)c(=O)n1C1CC1.O=c1cc(Cl)n(C2CC2)c(=O)n1-c1ccc(Br)cc1. The molecule has 4 aromatic heterocycles. The Labute approximate surface area is 514 Å². The van der Waals surface area contributed by atoms with Crippen molar-refractivity contribution in [1.29, 1.82) is 0 Å². The summed E-state index contributed by atoms with van der Waals surface area (Å²) in [6.45, 7) is 0. The zero-order valence-corrected chi connectivity index (χ0v) is 51.1. The fourth-order valence-electron chi connectivity index (χ4n) is 8.55. The van der Waals surface area contributed by atoms with Gasteiger partial charge in [0.15, 0.2) is 0 Å². The quantitative estimate of drug-likeness (QED) is 0.109. The van der Waals surface area contributed by atoms with E-state index >= 15 is 0 Å². The van der Waals surface area contributed by atoms with Gasteiger partial charge in [-0.3, -0.25) is 42.0 Å². The van der Waals surface area contributed by atoms with Gasteiger partial charge in [-0.05, 0) is 155 Å². The van der Waals surface area contributed by atoms with E-state index in [1.807, 2.05) is 48.5 Å². The third-order valence-electron chi connectivity index (χ3n) is 13.0. The van der Waals surface area contributed by atoms with Crippen molar-refractivity contribution in [2.45, 2.75) is 90.4 Å². The van der Waals surface area contributed by atoms with Crippen molar-refractivity contribution in [1.82, 2.24) is 36.5 Å². The van der Waals surface area contributed by atoms with E-state index < -0.39 is 5.56 Å². The lowest BCUT2D eigenvalue weighted by Gasteiger charge is -2.14. The van der Waals surface area contributed by atoms with Crippen molar-refractivity contribution in [2.75, 3.05) is 31.8 Å². The van der Waals surface area contributed by atoms with Crippen molar-refractivity contribution in [3.8, 4) is 22.7 Å². The lowest BCUT2D eigenvalue weighted by molar-refractivity contribution is 0.631. The first-order valence-electron chi connectivity index (χ1n) is 25.2. The van der Waals surface area contributed by atoms with Gasteiger partial charge in [0, 0.05) is 80.4 Å². The van der Waals surface area contributed by atoms with Crippen LogP contribution in [0.2, 0.25) is 10.3 Å². The summed E-state index contributed by atoms with van der Waals surface area (Å²) in [6, 6.07) is 34.7. The molecular weight excluding hydrogens is 1360 g/mol. The minimum Gasteiger partial charge on any atom is -0.374 e. The summed E-state index contributed by atoms with van der Waals surface area (Å²) in [5, 5.41) is 6.19. The van der Waals surface area contributed by atoms with Crippen molar-refractivity contribution < 1.29 is 0 Å². The van der Waals surface area contributed by atoms with Gasteiger partial charge in [0.05, 0.1) is 22.7 Å². The van der Waals surface area contributed by atoms with Crippen LogP contribution in [0.4, 0.5) is 11.6 Å². The number of anilines is 2. The molecule has 0 aliphatic heterocycles. The molecule has 4 N–H and O–H groups in total. The fourth-order valence-corrected chi connectivity index (χ4v) is 10.2. The van der Waals surface area contributed by atoms with Crippen LogP contribution in [0.5, 0.6) is 0 Å². The molecule has 0 amide bonds. The van der Waals surface area contributed by atoms with Crippen LogP contribution in [0, 0.1) is 0 Å². The predicted molar refractivity (Wildman–Crippen MR) is 342 cm³/mol. The second-order valence-corrected chi connectivity index (χ2v) is 23.1. The van der Waals surface area contributed by atoms with Crippen molar-refractivity contribution in [3.05, 3.63) is 233 Å². The molecule has 434 valence electrons. The van der Waals surface area contributed by atoms with Crippen LogP contribution in [0.3, 0.4) is 0 Å². The van der Waals surface area contributed by atoms with Crippen LogP contribution in [-0.2, 0) is 0 Å². The highest BCUT2D eigenvalue weighted by Crippen LogP contribution is 2.37. The van der Waals surface area contributed by atoms with E-state index in [1.54, 1.807) is 67.2 Å².